The maximum atomic E-state index is 14.0. The fraction of sp³-hybridized carbons (Fsp3) is 0.379. The number of amides is 1. The normalized spacial score (nSPS) is 18.8. The van der Waals surface area contributed by atoms with Gasteiger partial charge in [0.25, 0.3) is 0 Å². The van der Waals surface area contributed by atoms with E-state index >= 15 is 0 Å². The molecule has 2 aliphatic rings. The van der Waals surface area contributed by atoms with Gasteiger partial charge in [-0.3, -0.25) is 4.79 Å². The van der Waals surface area contributed by atoms with Crippen molar-refractivity contribution in [3.63, 3.8) is 0 Å². The molecule has 206 valence electrons. The van der Waals surface area contributed by atoms with Crippen LogP contribution in [0.4, 0.5) is 10.1 Å². The minimum absolute atomic E-state index is 0.00434. The zero-order valence-corrected chi connectivity index (χ0v) is 23.1. The third-order valence-electron chi connectivity index (χ3n) is 7.36. The molecule has 1 unspecified atom stereocenters. The van der Waals surface area contributed by atoms with E-state index in [4.69, 9.17) is 9.26 Å². The Morgan fingerprint density at radius 2 is 1.87 bits per heavy atom. The monoisotopic (exact) mass is 553 g/mol. The molecule has 10 heteroatoms. The Kier molecular flexibility index (Phi) is 7.59. The molecule has 39 heavy (non-hydrogen) atoms. The number of carbonyl (C=O) groups is 1. The average molecular weight is 554 g/mol. The third kappa shape index (κ3) is 5.35. The zero-order valence-electron chi connectivity index (χ0n) is 22.3. The van der Waals surface area contributed by atoms with E-state index in [0.717, 1.165) is 17.7 Å². The van der Waals surface area contributed by atoms with E-state index in [1.54, 1.807) is 25.1 Å². The summed E-state index contributed by atoms with van der Waals surface area (Å²) in [6.07, 6.45) is 4.38. The highest BCUT2D eigenvalue weighted by molar-refractivity contribution is 7.89. The second-order valence-electron chi connectivity index (χ2n) is 10.1. The maximum Gasteiger partial charge on any atom is 0.248 e. The first-order valence-electron chi connectivity index (χ1n) is 13.2. The quantitative estimate of drug-likeness (QED) is 0.416. The van der Waals surface area contributed by atoms with Gasteiger partial charge in [-0.25, -0.2) is 12.8 Å². The highest BCUT2D eigenvalue weighted by Crippen LogP contribution is 2.37. The highest BCUT2D eigenvalue weighted by atomic mass is 32.2. The molecule has 3 heterocycles. The molecule has 2 aromatic carbocycles. The number of nitrogens with zero attached hydrogens (tertiary/aromatic N) is 3. The van der Waals surface area contributed by atoms with Crippen molar-refractivity contribution >= 4 is 33.8 Å². The lowest BCUT2D eigenvalue weighted by Gasteiger charge is -2.38. The Bertz CT molecular complexity index is 1510. The average Bonchev–Trinajstić information content (AvgIpc) is 3.32. The molecular formula is C29H32FN3O5S. The van der Waals surface area contributed by atoms with E-state index < -0.39 is 15.8 Å². The molecule has 5 rings (SSSR count). The van der Waals surface area contributed by atoms with Gasteiger partial charge in [-0.05, 0) is 69.0 Å². The van der Waals surface area contributed by atoms with Crippen LogP contribution in [0.3, 0.4) is 0 Å². The number of hydrogen-bond acceptors (Lipinski definition) is 6. The van der Waals surface area contributed by atoms with E-state index in [-0.39, 0.29) is 47.4 Å². The van der Waals surface area contributed by atoms with Crippen molar-refractivity contribution in [3.05, 3.63) is 70.9 Å². The number of fused-ring (bicyclic) bond motifs is 1. The summed E-state index contributed by atoms with van der Waals surface area (Å²) in [5.74, 6) is 0.00925. The summed E-state index contributed by atoms with van der Waals surface area (Å²) in [6, 6.07) is 12.0. The predicted octanol–water partition coefficient (Wildman–Crippen LogP) is 5.21. The third-order valence-corrected chi connectivity index (χ3v) is 9.42. The highest BCUT2D eigenvalue weighted by Gasteiger charge is 2.39. The summed E-state index contributed by atoms with van der Waals surface area (Å²) < 4.78 is 54.0. The molecule has 1 fully saturated rings. The molecule has 0 spiro atoms. The summed E-state index contributed by atoms with van der Waals surface area (Å²) in [5, 5.41) is 3.86. The van der Waals surface area contributed by atoms with Gasteiger partial charge in [0.1, 0.15) is 23.4 Å². The second-order valence-corrected chi connectivity index (χ2v) is 11.9. The van der Waals surface area contributed by atoms with Gasteiger partial charge in [-0.1, -0.05) is 36.3 Å². The van der Waals surface area contributed by atoms with Crippen LogP contribution in [0, 0.1) is 25.6 Å². The van der Waals surface area contributed by atoms with E-state index in [1.807, 2.05) is 36.9 Å². The molecule has 0 radical (unpaired) electrons. The first-order valence-corrected chi connectivity index (χ1v) is 14.6. The van der Waals surface area contributed by atoms with Crippen LogP contribution in [0.15, 0.2) is 51.9 Å². The van der Waals surface area contributed by atoms with Crippen LogP contribution in [0.25, 0.3) is 12.2 Å². The standard InChI is InChI=1S/C29H32FN3O5S/c1-4-23-18-33(25-17-19(2)9-11-26(25)37-23)29(34)22-13-15-32(16-14-22)39(35,36)28-20(3)31-38-27(28)12-10-21-7-5-6-8-24(21)30/h5-12,17,22-23H,4,13-16,18H2,1-3H3. The number of hydrogen-bond donors (Lipinski definition) is 0. The van der Waals surface area contributed by atoms with E-state index in [1.165, 1.54) is 22.5 Å². The summed E-state index contributed by atoms with van der Waals surface area (Å²) in [4.78, 5) is 15.4. The van der Waals surface area contributed by atoms with E-state index in [9.17, 15) is 17.6 Å². The van der Waals surface area contributed by atoms with Crippen LogP contribution in [0.5, 0.6) is 5.75 Å². The van der Waals surface area contributed by atoms with Crippen LogP contribution >= 0.6 is 0 Å². The largest absolute Gasteiger partial charge is 0.486 e. The van der Waals surface area contributed by atoms with Gasteiger partial charge in [0, 0.05) is 24.6 Å². The molecule has 1 atom stereocenters. The van der Waals surface area contributed by atoms with Crippen LogP contribution in [0.1, 0.15) is 48.8 Å². The Hall–Kier alpha value is -3.50. The van der Waals surface area contributed by atoms with Gasteiger partial charge in [0.15, 0.2) is 10.7 Å². The fourth-order valence-electron chi connectivity index (χ4n) is 5.14. The van der Waals surface area contributed by atoms with Gasteiger partial charge in [-0.2, -0.15) is 4.31 Å². The smallest absolute Gasteiger partial charge is 0.248 e. The maximum absolute atomic E-state index is 14.0. The summed E-state index contributed by atoms with van der Waals surface area (Å²) >= 11 is 0. The summed E-state index contributed by atoms with van der Waals surface area (Å²) in [7, 11) is -3.95. The van der Waals surface area contributed by atoms with Crippen molar-refractivity contribution in [1.82, 2.24) is 9.46 Å². The van der Waals surface area contributed by atoms with Crippen molar-refractivity contribution in [2.45, 2.75) is 51.0 Å². The number of sulfonamides is 1. The number of halogens is 1. The second kappa shape index (κ2) is 10.9. The molecular weight excluding hydrogens is 521 g/mol. The molecule has 2 aliphatic heterocycles. The molecule has 0 N–H and O–H groups in total. The van der Waals surface area contributed by atoms with Crippen molar-refractivity contribution in [1.29, 1.82) is 0 Å². The number of aromatic nitrogens is 1. The lowest BCUT2D eigenvalue weighted by Crippen LogP contribution is -2.49. The Balaban J connectivity index is 1.32. The predicted molar refractivity (Wildman–Crippen MR) is 146 cm³/mol. The van der Waals surface area contributed by atoms with E-state index in [2.05, 4.69) is 5.16 Å². The first-order chi connectivity index (χ1) is 18.7. The SMILES string of the molecule is CCC1CN(C(=O)C2CCN(S(=O)(=O)c3c(C)noc3C=Cc3ccccc3F)CC2)c2cc(C)ccc2O1. The Morgan fingerprint density at radius 3 is 2.59 bits per heavy atom. The number of benzene rings is 2. The molecule has 0 bridgehead atoms. The lowest BCUT2D eigenvalue weighted by molar-refractivity contribution is -0.124. The van der Waals surface area contributed by atoms with Crippen LogP contribution < -0.4 is 9.64 Å². The van der Waals surface area contributed by atoms with Crippen LogP contribution in [-0.4, -0.2) is 49.5 Å². The number of aryl methyl sites for hydroxylation is 2. The van der Waals surface area contributed by atoms with Crippen LogP contribution in [0.2, 0.25) is 0 Å². The fourth-order valence-corrected chi connectivity index (χ4v) is 6.86. The minimum Gasteiger partial charge on any atom is -0.486 e. The molecule has 3 aromatic rings. The molecule has 1 saturated heterocycles. The first kappa shape index (κ1) is 27.1. The minimum atomic E-state index is -3.95. The zero-order chi connectivity index (χ0) is 27.7. The molecule has 0 saturated carbocycles. The number of rotatable bonds is 6. The van der Waals surface area contributed by atoms with Crippen LogP contribution in [-0.2, 0) is 14.8 Å². The Morgan fingerprint density at radius 1 is 1.13 bits per heavy atom. The molecule has 8 nitrogen and oxygen atoms in total. The molecule has 0 aliphatic carbocycles. The topological polar surface area (TPSA) is 93.0 Å². The summed E-state index contributed by atoms with van der Waals surface area (Å²) in [6.45, 7) is 6.44. The van der Waals surface area contributed by atoms with Gasteiger partial charge < -0.3 is 14.2 Å². The number of ether oxygens (including phenoxy) is 1. The van der Waals surface area contributed by atoms with Crippen molar-refractivity contribution in [2.75, 3.05) is 24.5 Å². The van der Waals surface area contributed by atoms with Gasteiger partial charge in [-0.15, -0.1) is 0 Å². The number of anilines is 1. The molecule has 1 aromatic heterocycles. The van der Waals surface area contributed by atoms with Gasteiger partial charge in [0.05, 0.1) is 12.2 Å². The van der Waals surface area contributed by atoms with Gasteiger partial charge >= 0.3 is 0 Å². The van der Waals surface area contributed by atoms with Crippen molar-refractivity contribution in [2.24, 2.45) is 5.92 Å². The lowest BCUT2D eigenvalue weighted by atomic mass is 9.95. The molecule has 1 amide bonds. The van der Waals surface area contributed by atoms with E-state index in [0.29, 0.717) is 30.7 Å². The van der Waals surface area contributed by atoms with Crippen molar-refractivity contribution in [3.8, 4) is 5.75 Å². The number of piperidine rings is 1. The summed E-state index contributed by atoms with van der Waals surface area (Å²) in [5.41, 5.74) is 2.34. The number of carbonyl (C=O) groups excluding carboxylic acids is 1. The Labute approximate surface area is 228 Å². The van der Waals surface area contributed by atoms with Crippen molar-refractivity contribution < 1.29 is 26.9 Å². The van der Waals surface area contributed by atoms with Gasteiger partial charge in [0.2, 0.25) is 15.9 Å².